The minimum Gasteiger partial charge on any atom is -0.158 e. The highest BCUT2D eigenvalue weighted by Crippen LogP contribution is 2.34. The minimum atomic E-state index is 0.444. The largest absolute Gasteiger partial charge is 0.158 e. The van der Waals surface area contributed by atoms with Crippen molar-refractivity contribution in [3.05, 3.63) is 22.8 Å². The fourth-order valence-electron chi connectivity index (χ4n) is 1.73. The molecule has 0 N–H and O–H groups in total. The van der Waals surface area contributed by atoms with Gasteiger partial charge in [-0.05, 0) is 22.8 Å². The minimum absolute atomic E-state index is 0.444. The summed E-state index contributed by atoms with van der Waals surface area (Å²) in [6.45, 7) is 8.77. The van der Waals surface area contributed by atoms with Crippen LogP contribution in [0.3, 0.4) is 0 Å². The molecule has 2 aromatic heterocycles. The Morgan fingerprint density at radius 3 is 2.47 bits per heavy atom. The smallest absolute Gasteiger partial charge is 0.0834 e. The molecule has 0 aliphatic heterocycles. The molecule has 15 heavy (non-hydrogen) atoms. The van der Waals surface area contributed by atoms with Gasteiger partial charge < -0.3 is 0 Å². The maximum Gasteiger partial charge on any atom is 0.0834 e. The summed E-state index contributed by atoms with van der Waals surface area (Å²) in [4.78, 5) is 0. The molecule has 0 amide bonds. The number of fused-ring (bicyclic) bond motifs is 1. The second-order valence-corrected chi connectivity index (χ2v) is 5.35. The van der Waals surface area contributed by atoms with Gasteiger partial charge in [0, 0.05) is 5.39 Å². The predicted molar refractivity (Wildman–Crippen MR) is 65.6 cm³/mol. The van der Waals surface area contributed by atoms with E-state index in [0.717, 1.165) is 5.69 Å². The number of hydrogen-bond donors (Lipinski definition) is 0. The Kier molecular flexibility index (Phi) is 2.74. The van der Waals surface area contributed by atoms with Crippen molar-refractivity contribution in [1.29, 1.82) is 0 Å². The first-order chi connectivity index (χ1) is 7.11. The van der Waals surface area contributed by atoms with Gasteiger partial charge in [0.15, 0.2) is 0 Å². The van der Waals surface area contributed by atoms with Crippen LogP contribution in [-0.2, 0) is 0 Å². The molecule has 0 unspecified atom stereocenters. The van der Waals surface area contributed by atoms with E-state index in [0.29, 0.717) is 11.8 Å². The second-order valence-electron chi connectivity index (χ2n) is 4.47. The second kappa shape index (κ2) is 3.89. The van der Waals surface area contributed by atoms with Gasteiger partial charge in [-0.1, -0.05) is 27.7 Å². The Balaban J connectivity index is 2.69. The first-order valence-electron chi connectivity index (χ1n) is 5.34. The van der Waals surface area contributed by atoms with Crippen molar-refractivity contribution in [3.8, 4) is 0 Å². The maximum atomic E-state index is 4.24. The summed E-state index contributed by atoms with van der Waals surface area (Å²) < 4.78 is 1.31. The standard InChI is InChI=1S/C12H16N2S/c1-7(2)10-6-15-12-9(10)5-13-14-11(12)8(3)4/h5-8H,1-4H3. The molecule has 2 nitrogen and oxygen atoms in total. The average Bonchev–Trinajstić information content (AvgIpc) is 2.59. The summed E-state index contributed by atoms with van der Waals surface area (Å²) in [5.41, 5.74) is 2.52. The zero-order valence-corrected chi connectivity index (χ0v) is 10.4. The molecule has 0 bridgehead atoms. The fraction of sp³-hybridized carbons (Fsp3) is 0.500. The highest BCUT2D eigenvalue weighted by molar-refractivity contribution is 7.17. The van der Waals surface area contributed by atoms with Crippen molar-refractivity contribution < 1.29 is 0 Å². The number of rotatable bonds is 2. The predicted octanol–water partition coefficient (Wildman–Crippen LogP) is 3.94. The molecule has 3 heteroatoms. The van der Waals surface area contributed by atoms with E-state index in [1.807, 2.05) is 6.20 Å². The number of hydrogen-bond acceptors (Lipinski definition) is 3. The highest BCUT2D eigenvalue weighted by atomic mass is 32.1. The maximum absolute atomic E-state index is 4.24. The van der Waals surface area contributed by atoms with Crippen molar-refractivity contribution in [2.45, 2.75) is 39.5 Å². The summed E-state index contributed by atoms with van der Waals surface area (Å²) in [5, 5.41) is 11.9. The third-order valence-corrected chi connectivity index (χ3v) is 3.65. The molecule has 0 aliphatic rings. The first kappa shape index (κ1) is 10.6. The SMILES string of the molecule is CC(C)c1csc2c(C(C)C)nncc12. The normalized spacial score (nSPS) is 11.9. The molecule has 0 saturated carbocycles. The van der Waals surface area contributed by atoms with Gasteiger partial charge in [0.25, 0.3) is 0 Å². The first-order valence-corrected chi connectivity index (χ1v) is 6.22. The van der Waals surface area contributed by atoms with Gasteiger partial charge in [-0.15, -0.1) is 11.3 Å². The fourth-order valence-corrected chi connectivity index (χ4v) is 3.07. The van der Waals surface area contributed by atoms with Crippen LogP contribution < -0.4 is 0 Å². The van der Waals surface area contributed by atoms with Gasteiger partial charge in [-0.2, -0.15) is 10.2 Å². The molecule has 2 aromatic rings. The van der Waals surface area contributed by atoms with Crippen LogP contribution in [0, 0.1) is 0 Å². The quantitative estimate of drug-likeness (QED) is 0.766. The van der Waals surface area contributed by atoms with Gasteiger partial charge in [-0.25, -0.2) is 0 Å². The van der Waals surface area contributed by atoms with Gasteiger partial charge in [0.1, 0.15) is 0 Å². The monoisotopic (exact) mass is 220 g/mol. The van der Waals surface area contributed by atoms with E-state index in [2.05, 4.69) is 43.3 Å². The van der Waals surface area contributed by atoms with Crippen LogP contribution in [0.5, 0.6) is 0 Å². The summed E-state index contributed by atoms with van der Waals surface area (Å²) in [6.07, 6.45) is 1.90. The lowest BCUT2D eigenvalue weighted by molar-refractivity contribution is 0.800. The highest BCUT2D eigenvalue weighted by Gasteiger charge is 2.13. The van der Waals surface area contributed by atoms with E-state index in [-0.39, 0.29) is 0 Å². The van der Waals surface area contributed by atoms with Crippen molar-refractivity contribution in [3.63, 3.8) is 0 Å². The summed E-state index contributed by atoms with van der Waals surface area (Å²) in [5.74, 6) is 1.00. The lowest BCUT2D eigenvalue weighted by Gasteiger charge is -2.05. The molecule has 0 atom stereocenters. The molecule has 2 heterocycles. The molecule has 0 fully saturated rings. The van der Waals surface area contributed by atoms with Gasteiger partial charge in [-0.3, -0.25) is 0 Å². The molecule has 0 saturated heterocycles. The molecular formula is C12H16N2S. The average molecular weight is 220 g/mol. The third kappa shape index (κ3) is 1.76. The van der Waals surface area contributed by atoms with E-state index in [1.165, 1.54) is 15.6 Å². The summed E-state index contributed by atoms with van der Waals surface area (Å²) in [7, 11) is 0. The van der Waals surface area contributed by atoms with E-state index >= 15 is 0 Å². The Hall–Kier alpha value is -0.960. The molecule has 0 aromatic carbocycles. The molecule has 0 spiro atoms. The summed E-state index contributed by atoms with van der Waals surface area (Å²) in [6, 6.07) is 0. The Morgan fingerprint density at radius 1 is 1.13 bits per heavy atom. The number of nitrogens with zero attached hydrogens (tertiary/aromatic N) is 2. The molecular weight excluding hydrogens is 204 g/mol. The number of thiophene rings is 1. The van der Waals surface area contributed by atoms with Gasteiger partial charge in [0.05, 0.1) is 16.6 Å². The third-order valence-electron chi connectivity index (χ3n) is 2.61. The Bertz CT molecular complexity index is 471. The van der Waals surface area contributed by atoms with Crippen LogP contribution in [0.4, 0.5) is 0 Å². The van der Waals surface area contributed by atoms with Crippen molar-refractivity contribution in [1.82, 2.24) is 10.2 Å². The van der Waals surface area contributed by atoms with E-state index < -0.39 is 0 Å². The van der Waals surface area contributed by atoms with Crippen LogP contribution in [0.2, 0.25) is 0 Å². The molecule has 0 aliphatic carbocycles. The molecule has 2 rings (SSSR count). The number of aromatic nitrogens is 2. The topological polar surface area (TPSA) is 25.8 Å². The van der Waals surface area contributed by atoms with Crippen LogP contribution in [-0.4, -0.2) is 10.2 Å². The Morgan fingerprint density at radius 2 is 1.87 bits per heavy atom. The van der Waals surface area contributed by atoms with E-state index in [4.69, 9.17) is 0 Å². The van der Waals surface area contributed by atoms with Crippen molar-refractivity contribution in [2.75, 3.05) is 0 Å². The van der Waals surface area contributed by atoms with Gasteiger partial charge in [0.2, 0.25) is 0 Å². The Labute approximate surface area is 94.4 Å². The lowest BCUT2D eigenvalue weighted by atomic mass is 10.0. The molecule has 0 radical (unpaired) electrons. The van der Waals surface area contributed by atoms with E-state index in [9.17, 15) is 0 Å². The van der Waals surface area contributed by atoms with Crippen molar-refractivity contribution in [2.24, 2.45) is 0 Å². The summed E-state index contributed by atoms with van der Waals surface area (Å²) >= 11 is 1.79. The van der Waals surface area contributed by atoms with Crippen LogP contribution >= 0.6 is 11.3 Å². The lowest BCUT2D eigenvalue weighted by Crippen LogP contribution is -1.95. The zero-order chi connectivity index (χ0) is 11.0. The van der Waals surface area contributed by atoms with Crippen LogP contribution in [0.1, 0.15) is 50.8 Å². The van der Waals surface area contributed by atoms with Crippen LogP contribution in [0.25, 0.3) is 10.1 Å². The zero-order valence-electron chi connectivity index (χ0n) is 9.61. The van der Waals surface area contributed by atoms with Crippen LogP contribution in [0.15, 0.2) is 11.6 Å². The van der Waals surface area contributed by atoms with Gasteiger partial charge >= 0.3 is 0 Å². The van der Waals surface area contributed by atoms with Crippen molar-refractivity contribution >= 4 is 21.4 Å². The molecule has 80 valence electrons. The van der Waals surface area contributed by atoms with E-state index in [1.54, 1.807) is 11.3 Å².